The van der Waals surface area contributed by atoms with Gasteiger partial charge in [0.1, 0.15) is 17.2 Å². The first kappa shape index (κ1) is 22.1. The monoisotopic (exact) mass is 442 g/mol. The first-order valence-electron chi connectivity index (χ1n) is 10.6. The lowest BCUT2D eigenvalue weighted by Crippen LogP contribution is -2.32. The summed E-state index contributed by atoms with van der Waals surface area (Å²) >= 11 is 0. The second kappa shape index (κ2) is 9.20. The van der Waals surface area contributed by atoms with Crippen molar-refractivity contribution in [2.24, 2.45) is 0 Å². The van der Waals surface area contributed by atoms with Crippen molar-refractivity contribution in [1.82, 2.24) is 4.90 Å². The molecular formula is C27H26N2O4. The van der Waals surface area contributed by atoms with E-state index < -0.39 is 0 Å². The van der Waals surface area contributed by atoms with Gasteiger partial charge in [0, 0.05) is 11.3 Å². The van der Waals surface area contributed by atoms with E-state index in [9.17, 15) is 9.59 Å². The second-order valence-electron chi connectivity index (χ2n) is 7.86. The molecule has 0 atom stereocenters. The van der Waals surface area contributed by atoms with Gasteiger partial charge in [-0.3, -0.25) is 14.5 Å². The number of aryl methyl sites for hydroxylation is 1. The Morgan fingerprint density at radius 3 is 2.24 bits per heavy atom. The van der Waals surface area contributed by atoms with Gasteiger partial charge in [0.05, 0.1) is 26.3 Å². The standard InChI is InChI=1S/C27H26N2O4/c1-17-8-7-10-22(18(17)2)28-25-24(19-12-14-21(32-3)15-13-19)26(30)29(27(25)31)16-20-9-5-6-11-23(20)33-4/h5-15,28H,16H2,1-4H3. The number of ether oxygens (including phenoxy) is 2. The van der Waals surface area contributed by atoms with Crippen LogP contribution in [0, 0.1) is 13.8 Å². The number of rotatable bonds is 7. The van der Waals surface area contributed by atoms with E-state index in [2.05, 4.69) is 5.32 Å². The molecule has 4 rings (SSSR count). The van der Waals surface area contributed by atoms with Crippen LogP contribution in [0.2, 0.25) is 0 Å². The number of hydrogen-bond donors (Lipinski definition) is 1. The Kier molecular flexibility index (Phi) is 6.18. The molecule has 1 heterocycles. The van der Waals surface area contributed by atoms with E-state index in [0.29, 0.717) is 22.6 Å². The van der Waals surface area contributed by atoms with Crippen LogP contribution in [0.3, 0.4) is 0 Å². The maximum absolute atomic E-state index is 13.6. The zero-order valence-electron chi connectivity index (χ0n) is 19.1. The molecule has 33 heavy (non-hydrogen) atoms. The SMILES string of the molecule is COc1ccc(C2=C(Nc3cccc(C)c3C)C(=O)N(Cc3ccccc3OC)C2=O)cc1. The van der Waals surface area contributed by atoms with E-state index in [0.717, 1.165) is 22.4 Å². The average molecular weight is 443 g/mol. The Hall–Kier alpha value is -4.06. The first-order chi connectivity index (χ1) is 15.9. The quantitative estimate of drug-likeness (QED) is 0.537. The lowest BCUT2D eigenvalue weighted by molar-refractivity contribution is -0.137. The maximum atomic E-state index is 13.6. The Morgan fingerprint density at radius 1 is 0.818 bits per heavy atom. The molecule has 2 amide bonds. The molecule has 1 aliphatic rings. The summed E-state index contributed by atoms with van der Waals surface area (Å²) in [6.45, 7) is 4.10. The molecule has 1 N–H and O–H groups in total. The summed E-state index contributed by atoms with van der Waals surface area (Å²) in [4.78, 5) is 28.4. The van der Waals surface area contributed by atoms with Crippen LogP contribution in [0.1, 0.15) is 22.3 Å². The van der Waals surface area contributed by atoms with Gasteiger partial charge in [-0.1, -0.05) is 42.5 Å². The number of amides is 2. The second-order valence-corrected chi connectivity index (χ2v) is 7.86. The van der Waals surface area contributed by atoms with E-state index in [1.165, 1.54) is 4.90 Å². The highest BCUT2D eigenvalue weighted by atomic mass is 16.5. The van der Waals surface area contributed by atoms with Crippen LogP contribution in [0.25, 0.3) is 5.57 Å². The lowest BCUT2D eigenvalue weighted by Gasteiger charge is -2.17. The topological polar surface area (TPSA) is 67.9 Å². The van der Waals surface area contributed by atoms with Crippen LogP contribution >= 0.6 is 0 Å². The van der Waals surface area contributed by atoms with Gasteiger partial charge in [-0.05, 0) is 54.8 Å². The summed E-state index contributed by atoms with van der Waals surface area (Å²) < 4.78 is 10.7. The van der Waals surface area contributed by atoms with E-state index in [4.69, 9.17) is 9.47 Å². The lowest BCUT2D eigenvalue weighted by atomic mass is 10.0. The van der Waals surface area contributed by atoms with Gasteiger partial charge in [-0.2, -0.15) is 0 Å². The van der Waals surface area contributed by atoms with E-state index in [-0.39, 0.29) is 24.1 Å². The summed E-state index contributed by atoms with van der Waals surface area (Å²) in [5.74, 6) is 0.563. The minimum Gasteiger partial charge on any atom is -0.497 e. The van der Waals surface area contributed by atoms with Crippen molar-refractivity contribution in [2.45, 2.75) is 20.4 Å². The third-order valence-electron chi connectivity index (χ3n) is 5.93. The third-order valence-corrected chi connectivity index (χ3v) is 5.93. The zero-order valence-corrected chi connectivity index (χ0v) is 19.1. The van der Waals surface area contributed by atoms with Crippen molar-refractivity contribution in [2.75, 3.05) is 19.5 Å². The van der Waals surface area contributed by atoms with Gasteiger partial charge in [-0.15, -0.1) is 0 Å². The van der Waals surface area contributed by atoms with Gasteiger partial charge < -0.3 is 14.8 Å². The normalized spacial score (nSPS) is 13.5. The molecule has 0 radical (unpaired) electrons. The van der Waals surface area contributed by atoms with Crippen molar-refractivity contribution < 1.29 is 19.1 Å². The highest BCUT2D eigenvalue weighted by Gasteiger charge is 2.39. The van der Waals surface area contributed by atoms with Crippen LogP contribution in [-0.4, -0.2) is 30.9 Å². The fraction of sp³-hybridized carbons (Fsp3) is 0.185. The summed E-state index contributed by atoms with van der Waals surface area (Å²) in [6.07, 6.45) is 0. The Labute approximate surface area is 193 Å². The minimum absolute atomic E-state index is 0.110. The van der Waals surface area contributed by atoms with Gasteiger partial charge in [0.2, 0.25) is 0 Å². The molecule has 0 unspecified atom stereocenters. The van der Waals surface area contributed by atoms with Crippen molar-refractivity contribution in [3.63, 3.8) is 0 Å². The largest absolute Gasteiger partial charge is 0.497 e. The number of imide groups is 1. The highest BCUT2D eigenvalue weighted by molar-refractivity contribution is 6.36. The van der Waals surface area contributed by atoms with Crippen LogP contribution < -0.4 is 14.8 Å². The Balaban J connectivity index is 1.77. The Bertz CT molecular complexity index is 1250. The van der Waals surface area contributed by atoms with Gasteiger partial charge in [-0.25, -0.2) is 0 Å². The fourth-order valence-electron chi connectivity index (χ4n) is 3.89. The van der Waals surface area contributed by atoms with E-state index >= 15 is 0 Å². The molecule has 0 spiro atoms. The van der Waals surface area contributed by atoms with Gasteiger partial charge in [0.15, 0.2) is 0 Å². The van der Waals surface area contributed by atoms with Crippen LogP contribution in [0.4, 0.5) is 5.69 Å². The number of nitrogens with zero attached hydrogens (tertiary/aromatic N) is 1. The number of carbonyl (C=O) groups excluding carboxylic acids is 2. The summed E-state index contributed by atoms with van der Waals surface area (Å²) in [5.41, 5.74) is 4.88. The first-order valence-corrected chi connectivity index (χ1v) is 10.6. The molecule has 0 saturated heterocycles. The predicted octanol–water partition coefficient (Wildman–Crippen LogP) is 4.71. The van der Waals surface area contributed by atoms with Crippen molar-refractivity contribution in [1.29, 1.82) is 0 Å². The van der Waals surface area contributed by atoms with Crippen molar-refractivity contribution >= 4 is 23.1 Å². The van der Waals surface area contributed by atoms with Gasteiger partial charge in [0.25, 0.3) is 11.8 Å². The smallest absolute Gasteiger partial charge is 0.278 e. The molecule has 0 aromatic heterocycles. The molecule has 1 aliphatic heterocycles. The van der Waals surface area contributed by atoms with Crippen molar-refractivity contribution in [3.05, 3.63) is 94.7 Å². The molecule has 6 heteroatoms. The maximum Gasteiger partial charge on any atom is 0.278 e. The molecular weight excluding hydrogens is 416 g/mol. The highest BCUT2D eigenvalue weighted by Crippen LogP contribution is 2.34. The summed E-state index contributed by atoms with van der Waals surface area (Å²) in [7, 11) is 3.15. The molecule has 3 aromatic carbocycles. The van der Waals surface area contributed by atoms with Crippen molar-refractivity contribution in [3.8, 4) is 11.5 Å². The van der Waals surface area contributed by atoms with Crippen LogP contribution in [-0.2, 0) is 16.1 Å². The number of para-hydroxylation sites is 1. The average Bonchev–Trinajstić information content (AvgIpc) is 3.06. The minimum atomic E-state index is -0.377. The number of hydrogen-bond acceptors (Lipinski definition) is 5. The molecule has 0 fully saturated rings. The molecule has 0 saturated carbocycles. The fourth-order valence-corrected chi connectivity index (χ4v) is 3.89. The third kappa shape index (κ3) is 4.20. The zero-order chi connectivity index (χ0) is 23.5. The van der Waals surface area contributed by atoms with E-state index in [1.807, 2.05) is 56.3 Å². The molecule has 6 nitrogen and oxygen atoms in total. The Morgan fingerprint density at radius 2 is 1.55 bits per heavy atom. The number of carbonyl (C=O) groups is 2. The molecule has 0 bridgehead atoms. The van der Waals surface area contributed by atoms with Crippen LogP contribution in [0.5, 0.6) is 11.5 Å². The van der Waals surface area contributed by atoms with E-state index in [1.54, 1.807) is 38.5 Å². The number of nitrogens with one attached hydrogen (secondary N) is 1. The molecule has 168 valence electrons. The number of methoxy groups -OCH3 is 2. The summed E-state index contributed by atoms with van der Waals surface area (Å²) in [6, 6.07) is 20.3. The number of anilines is 1. The molecule has 0 aliphatic carbocycles. The molecule has 3 aromatic rings. The predicted molar refractivity (Wildman–Crippen MR) is 128 cm³/mol. The van der Waals surface area contributed by atoms with Crippen LogP contribution in [0.15, 0.2) is 72.4 Å². The van der Waals surface area contributed by atoms with Gasteiger partial charge >= 0.3 is 0 Å². The number of benzene rings is 3. The summed E-state index contributed by atoms with van der Waals surface area (Å²) in [5, 5.41) is 3.26.